The summed E-state index contributed by atoms with van der Waals surface area (Å²) in [5.74, 6) is 0.872. The van der Waals surface area contributed by atoms with E-state index in [9.17, 15) is 0 Å². The fraction of sp³-hybridized carbons (Fsp3) is 0.0625. The molecule has 94 valence electrons. The molecule has 0 radical (unpaired) electrons. The molecule has 0 aliphatic carbocycles. The molecule has 2 aromatic carbocycles. The topological polar surface area (TPSA) is 22.1 Å². The Morgan fingerprint density at radius 3 is 2.32 bits per heavy atom. The Morgan fingerprint density at radius 2 is 1.58 bits per heavy atom. The molecule has 0 aliphatic heterocycles. The summed E-state index contributed by atoms with van der Waals surface area (Å²) in [6, 6.07) is 20.0. The first kappa shape index (κ1) is 11.9. The minimum absolute atomic E-state index is 0.507. The highest BCUT2D eigenvalue weighted by atomic mass is 32.1. The van der Waals surface area contributed by atoms with Crippen molar-refractivity contribution >= 4 is 11.3 Å². The van der Waals surface area contributed by atoms with Crippen molar-refractivity contribution in [2.45, 2.75) is 6.61 Å². The van der Waals surface area contributed by atoms with Crippen LogP contribution in [-0.4, -0.2) is 4.98 Å². The highest BCUT2D eigenvalue weighted by molar-refractivity contribution is 7.13. The first-order chi connectivity index (χ1) is 9.42. The smallest absolute Gasteiger partial charge is 0.131 e. The molecule has 0 unspecified atom stereocenters. The second-order valence-corrected chi connectivity index (χ2v) is 4.97. The number of aromatic nitrogens is 1. The molecular formula is C16H13NOS. The van der Waals surface area contributed by atoms with Crippen LogP contribution in [0.1, 0.15) is 5.69 Å². The number of hydrogen-bond donors (Lipinski definition) is 0. The zero-order chi connectivity index (χ0) is 12.9. The van der Waals surface area contributed by atoms with Gasteiger partial charge in [0.05, 0.1) is 5.69 Å². The van der Waals surface area contributed by atoms with Crippen molar-refractivity contribution in [3.8, 4) is 16.3 Å². The monoisotopic (exact) mass is 267 g/mol. The third-order valence-corrected chi connectivity index (χ3v) is 3.64. The Morgan fingerprint density at radius 1 is 0.895 bits per heavy atom. The number of benzene rings is 2. The maximum atomic E-state index is 5.69. The van der Waals surface area contributed by atoms with E-state index in [1.807, 2.05) is 53.9 Å². The van der Waals surface area contributed by atoms with Gasteiger partial charge in [0.2, 0.25) is 0 Å². The molecule has 0 fully saturated rings. The zero-order valence-corrected chi connectivity index (χ0v) is 11.1. The second-order valence-electron chi connectivity index (χ2n) is 4.11. The zero-order valence-electron chi connectivity index (χ0n) is 10.3. The highest BCUT2D eigenvalue weighted by Crippen LogP contribution is 2.23. The average Bonchev–Trinajstić information content (AvgIpc) is 2.96. The lowest BCUT2D eigenvalue weighted by Crippen LogP contribution is -1.95. The van der Waals surface area contributed by atoms with Gasteiger partial charge in [-0.05, 0) is 12.1 Å². The summed E-state index contributed by atoms with van der Waals surface area (Å²) in [5, 5.41) is 3.08. The lowest BCUT2D eigenvalue weighted by Gasteiger charge is -2.02. The number of thiazole rings is 1. The Bertz CT molecular complexity index is 634. The van der Waals surface area contributed by atoms with E-state index in [4.69, 9.17) is 4.74 Å². The Labute approximate surface area is 116 Å². The molecule has 1 heterocycles. The average molecular weight is 267 g/mol. The number of rotatable bonds is 4. The van der Waals surface area contributed by atoms with Gasteiger partial charge in [-0.2, -0.15) is 0 Å². The molecule has 0 amide bonds. The minimum atomic E-state index is 0.507. The molecule has 0 atom stereocenters. The van der Waals surface area contributed by atoms with Crippen molar-refractivity contribution in [2.24, 2.45) is 0 Å². The van der Waals surface area contributed by atoms with E-state index >= 15 is 0 Å². The van der Waals surface area contributed by atoms with E-state index in [0.29, 0.717) is 6.61 Å². The summed E-state index contributed by atoms with van der Waals surface area (Å²) in [5.41, 5.74) is 2.12. The predicted octanol–water partition coefficient (Wildman–Crippen LogP) is 4.39. The first-order valence-electron chi connectivity index (χ1n) is 6.09. The van der Waals surface area contributed by atoms with Gasteiger partial charge < -0.3 is 4.74 Å². The molecule has 3 rings (SSSR count). The molecule has 2 nitrogen and oxygen atoms in total. The largest absolute Gasteiger partial charge is 0.487 e. The minimum Gasteiger partial charge on any atom is -0.487 e. The maximum absolute atomic E-state index is 5.69. The quantitative estimate of drug-likeness (QED) is 0.699. The SMILES string of the molecule is c1ccc(OCc2csc(-c3ccccc3)n2)cc1. The molecule has 0 aliphatic rings. The fourth-order valence-electron chi connectivity index (χ4n) is 1.76. The van der Waals surface area contributed by atoms with Crippen LogP contribution in [0, 0.1) is 0 Å². The van der Waals surface area contributed by atoms with E-state index in [2.05, 4.69) is 17.1 Å². The van der Waals surface area contributed by atoms with Gasteiger partial charge in [-0.15, -0.1) is 11.3 Å². The van der Waals surface area contributed by atoms with Crippen LogP contribution in [0.2, 0.25) is 0 Å². The van der Waals surface area contributed by atoms with Crippen LogP contribution in [0.15, 0.2) is 66.0 Å². The summed E-state index contributed by atoms with van der Waals surface area (Å²) in [6.45, 7) is 0.507. The first-order valence-corrected chi connectivity index (χ1v) is 6.97. The van der Waals surface area contributed by atoms with Gasteiger partial charge in [0, 0.05) is 10.9 Å². The van der Waals surface area contributed by atoms with E-state index in [1.165, 1.54) is 0 Å². The number of hydrogen-bond acceptors (Lipinski definition) is 3. The predicted molar refractivity (Wildman–Crippen MR) is 78.3 cm³/mol. The maximum Gasteiger partial charge on any atom is 0.131 e. The van der Waals surface area contributed by atoms with E-state index < -0.39 is 0 Å². The van der Waals surface area contributed by atoms with Crippen molar-refractivity contribution < 1.29 is 4.74 Å². The summed E-state index contributed by atoms with van der Waals surface area (Å²) < 4.78 is 5.69. The van der Waals surface area contributed by atoms with E-state index in [1.54, 1.807) is 11.3 Å². The molecule has 3 aromatic rings. The van der Waals surface area contributed by atoms with Crippen LogP contribution in [-0.2, 0) is 6.61 Å². The summed E-state index contributed by atoms with van der Waals surface area (Å²) in [4.78, 5) is 4.59. The van der Waals surface area contributed by atoms with Gasteiger partial charge >= 0.3 is 0 Å². The van der Waals surface area contributed by atoms with Crippen LogP contribution in [0.3, 0.4) is 0 Å². The van der Waals surface area contributed by atoms with Gasteiger partial charge in [-0.3, -0.25) is 0 Å². The van der Waals surface area contributed by atoms with Gasteiger partial charge in [0.25, 0.3) is 0 Å². The number of para-hydroxylation sites is 1. The normalized spacial score (nSPS) is 10.3. The Kier molecular flexibility index (Phi) is 3.56. The van der Waals surface area contributed by atoms with Gasteiger partial charge in [0.1, 0.15) is 17.4 Å². The molecule has 3 heteroatoms. The van der Waals surface area contributed by atoms with Gasteiger partial charge in [-0.1, -0.05) is 48.5 Å². The molecule has 0 N–H and O–H groups in total. The summed E-state index contributed by atoms with van der Waals surface area (Å²) in [6.07, 6.45) is 0. The second kappa shape index (κ2) is 5.67. The molecule has 0 bridgehead atoms. The highest BCUT2D eigenvalue weighted by Gasteiger charge is 2.04. The third-order valence-electron chi connectivity index (χ3n) is 2.70. The molecule has 0 saturated carbocycles. The van der Waals surface area contributed by atoms with Crippen molar-refractivity contribution in [1.29, 1.82) is 0 Å². The summed E-state index contributed by atoms with van der Waals surface area (Å²) in [7, 11) is 0. The van der Waals surface area contributed by atoms with E-state index in [-0.39, 0.29) is 0 Å². The number of nitrogens with zero attached hydrogens (tertiary/aromatic N) is 1. The van der Waals surface area contributed by atoms with Crippen molar-refractivity contribution in [3.63, 3.8) is 0 Å². The number of ether oxygens (including phenoxy) is 1. The van der Waals surface area contributed by atoms with Crippen LogP contribution < -0.4 is 4.74 Å². The fourth-order valence-corrected chi connectivity index (χ4v) is 2.57. The molecule has 1 aromatic heterocycles. The van der Waals surface area contributed by atoms with Crippen LogP contribution in [0.5, 0.6) is 5.75 Å². The molecule has 0 saturated heterocycles. The van der Waals surface area contributed by atoms with Crippen molar-refractivity contribution in [3.05, 3.63) is 71.7 Å². The van der Waals surface area contributed by atoms with Crippen molar-refractivity contribution in [2.75, 3.05) is 0 Å². The van der Waals surface area contributed by atoms with Crippen LogP contribution in [0.25, 0.3) is 10.6 Å². The lowest BCUT2D eigenvalue weighted by atomic mass is 10.2. The van der Waals surface area contributed by atoms with Crippen LogP contribution in [0.4, 0.5) is 0 Å². The van der Waals surface area contributed by atoms with Crippen molar-refractivity contribution in [1.82, 2.24) is 4.98 Å². The van der Waals surface area contributed by atoms with Gasteiger partial charge in [-0.25, -0.2) is 4.98 Å². The van der Waals surface area contributed by atoms with Crippen LogP contribution >= 0.6 is 11.3 Å². The summed E-state index contributed by atoms with van der Waals surface area (Å²) >= 11 is 1.65. The molecule has 19 heavy (non-hydrogen) atoms. The third kappa shape index (κ3) is 3.01. The molecule has 0 spiro atoms. The van der Waals surface area contributed by atoms with E-state index in [0.717, 1.165) is 22.0 Å². The molecular weight excluding hydrogens is 254 g/mol. The standard InChI is InChI=1S/C16H13NOS/c1-3-7-13(8-4-1)16-17-14(12-19-16)11-18-15-9-5-2-6-10-15/h1-10,12H,11H2. The van der Waals surface area contributed by atoms with Gasteiger partial charge in [0.15, 0.2) is 0 Å². The Balaban J connectivity index is 1.69. The lowest BCUT2D eigenvalue weighted by molar-refractivity contribution is 0.302. The Hall–Kier alpha value is -2.13.